The van der Waals surface area contributed by atoms with Crippen molar-refractivity contribution in [3.05, 3.63) is 59.2 Å². The predicted octanol–water partition coefficient (Wildman–Crippen LogP) is 2.97. The molecule has 0 saturated heterocycles. The van der Waals surface area contributed by atoms with Crippen molar-refractivity contribution < 1.29 is 19.1 Å². The van der Waals surface area contributed by atoms with Gasteiger partial charge in [0.1, 0.15) is 0 Å². The van der Waals surface area contributed by atoms with E-state index in [9.17, 15) is 14.4 Å². The Morgan fingerprint density at radius 2 is 1.68 bits per heavy atom. The highest BCUT2D eigenvalue weighted by Crippen LogP contribution is 2.36. The quantitative estimate of drug-likeness (QED) is 0.727. The van der Waals surface area contributed by atoms with Crippen LogP contribution in [-0.2, 0) is 9.53 Å². The van der Waals surface area contributed by atoms with Crippen molar-refractivity contribution in [1.82, 2.24) is 5.32 Å². The van der Waals surface area contributed by atoms with Crippen LogP contribution in [-0.4, -0.2) is 30.3 Å². The Labute approximate surface area is 146 Å². The van der Waals surface area contributed by atoms with Crippen molar-refractivity contribution >= 4 is 17.7 Å². The Morgan fingerprint density at radius 1 is 1.00 bits per heavy atom. The van der Waals surface area contributed by atoms with E-state index >= 15 is 0 Å². The van der Waals surface area contributed by atoms with Crippen molar-refractivity contribution in [2.75, 3.05) is 6.54 Å². The number of ketones is 1. The molecule has 3 rings (SSSR count). The highest BCUT2D eigenvalue weighted by Gasteiger charge is 2.26. The highest BCUT2D eigenvalue weighted by molar-refractivity contribution is 6.22. The number of ether oxygens (including phenoxy) is 1. The van der Waals surface area contributed by atoms with Gasteiger partial charge in [0, 0.05) is 23.2 Å². The summed E-state index contributed by atoms with van der Waals surface area (Å²) >= 11 is 0. The van der Waals surface area contributed by atoms with E-state index in [0.29, 0.717) is 16.7 Å². The van der Waals surface area contributed by atoms with Crippen LogP contribution in [0.4, 0.5) is 0 Å². The second kappa shape index (κ2) is 6.89. The van der Waals surface area contributed by atoms with Gasteiger partial charge in [-0.3, -0.25) is 14.4 Å². The van der Waals surface area contributed by atoms with E-state index in [1.807, 2.05) is 18.2 Å². The van der Waals surface area contributed by atoms with Crippen LogP contribution in [0.25, 0.3) is 11.1 Å². The van der Waals surface area contributed by atoms with E-state index < -0.39 is 0 Å². The highest BCUT2D eigenvalue weighted by atomic mass is 16.5. The zero-order valence-corrected chi connectivity index (χ0v) is 14.2. The lowest BCUT2D eigenvalue weighted by Crippen LogP contribution is -2.27. The van der Waals surface area contributed by atoms with Crippen molar-refractivity contribution in [3.8, 4) is 11.1 Å². The molecular weight excluding hydrogens is 318 g/mol. The summed E-state index contributed by atoms with van der Waals surface area (Å²) in [6, 6.07) is 12.5. The van der Waals surface area contributed by atoms with Crippen LogP contribution in [0.2, 0.25) is 0 Å². The first-order valence-electron chi connectivity index (χ1n) is 8.23. The smallest absolute Gasteiger partial charge is 0.307 e. The Morgan fingerprint density at radius 3 is 2.40 bits per heavy atom. The molecular formula is C20H19NO4. The predicted molar refractivity (Wildman–Crippen MR) is 93.5 cm³/mol. The van der Waals surface area contributed by atoms with Crippen LogP contribution >= 0.6 is 0 Å². The van der Waals surface area contributed by atoms with Gasteiger partial charge in [0.15, 0.2) is 5.78 Å². The molecule has 1 aliphatic carbocycles. The van der Waals surface area contributed by atoms with Crippen LogP contribution in [0.15, 0.2) is 42.5 Å². The fourth-order valence-corrected chi connectivity index (χ4v) is 2.87. The molecule has 0 aromatic heterocycles. The summed E-state index contributed by atoms with van der Waals surface area (Å²) in [4.78, 5) is 36.2. The van der Waals surface area contributed by atoms with Gasteiger partial charge in [0.05, 0.1) is 12.5 Å². The number of nitrogens with one attached hydrogen (secondary N) is 1. The van der Waals surface area contributed by atoms with Gasteiger partial charge in [-0.25, -0.2) is 0 Å². The molecule has 0 atom stereocenters. The monoisotopic (exact) mass is 337 g/mol. The minimum atomic E-state index is -0.352. The average molecular weight is 337 g/mol. The van der Waals surface area contributed by atoms with E-state index in [-0.39, 0.29) is 36.7 Å². The molecule has 0 heterocycles. The summed E-state index contributed by atoms with van der Waals surface area (Å²) < 4.78 is 5.01. The molecule has 0 saturated carbocycles. The number of hydrogen-bond donors (Lipinski definition) is 1. The van der Waals surface area contributed by atoms with Crippen LogP contribution in [0, 0.1) is 0 Å². The third-order valence-electron chi connectivity index (χ3n) is 3.97. The lowest BCUT2D eigenvalue weighted by Gasteiger charge is -2.09. The standard InChI is InChI=1S/C20H19NO4/c1-12(2)25-18(22)9-10-21-20(24)13-7-8-15-14-5-3-4-6-16(14)19(23)17(15)11-13/h3-8,11-12H,9-10H2,1-2H3,(H,21,24). The molecule has 0 radical (unpaired) electrons. The van der Waals surface area contributed by atoms with Crippen molar-refractivity contribution in [2.24, 2.45) is 0 Å². The molecule has 1 amide bonds. The van der Waals surface area contributed by atoms with Gasteiger partial charge in [-0.1, -0.05) is 30.3 Å². The first kappa shape index (κ1) is 16.9. The lowest BCUT2D eigenvalue weighted by molar-refractivity contribution is -0.147. The Hall–Kier alpha value is -2.95. The molecule has 128 valence electrons. The largest absolute Gasteiger partial charge is 0.463 e. The Bertz CT molecular complexity index is 855. The number of benzene rings is 2. The minimum Gasteiger partial charge on any atom is -0.463 e. The molecule has 0 spiro atoms. The van der Waals surface area contributed by atoms with Gasteiger partial charge in [-0.05, 0) is 37.1 Å². The second-order valence-corrected chi connectivity index (χ2v) is 6.18. The summed E-state index contributed by atoms with van der Waals surface area (Å²) in [6.07, 6.45) is -0.0632. The van der Waals surface area contributed by atoms with E-state index in [1.165, 1.54) is 0 Å². The van der Waals surface area contributed by atoms with Crippen molar-refractivity contribution in [3.63, 3.8) is 0 Å². The first-order valence-corrected chi connectivity index (χ1v) is 8.23. The number of esters is 1. The van der Waals surface area contributed by atoms with Gasteiger partial charge in [-0.15, -0.1) is 0 Å². The van der Waals surface area contributed by atoms with Crippen LogP contribution in [0.5, 0.6) is 0 Å². The third kappa shape index (κ3) is 3.45. The maximum atomic E-state index is 12.5. The Kier molecular flexibility index (Phi) is 4.65. The molecule has 1 aliphatic rings. The number of fused-ring (bicyclic) bond motifs is 3. The van der Waals surface area contributed by atoms with Crippen molar-refractivity contribution in [2.45, 2.75) is 26.4 Å². The van der Waals surface area contributed by atoms with Gasteiger partial charge in [0.2, 0.25) is 0 Å². The number of hydrogen-bond acceptors (Lipinski definition) is 4. The zero-order chi connectivity index (χ0) is 18.0. The van der Waals surface area contributed by atoms with Crippen LogP contribution < -0.4 is 5.32 Å². The third-order valence-corrected chi connectivity index (χ3v) is 3.97. The molecule has 5 heteroatoms. The second-order valence-electron chi connectivity index (χ2n) is 6.18. The summed E-state index contributed by atoms with van der Waals surface area (Å²) in [7, 11) is 0. The normalized spacial score (nSPS) is 11.9. The molecule has 0 aliphatic heterocycles. The summed E-state index contributed by atoms with van der Waals surface area (Å²) in [6.45, 7) is 3.74. The molecule has 0 unspecified atom stereocenters. The Balaban J connectivity index is 1.68. The number of rotatable bonds is 5. The van der Waals surface area contributed by atoms with E-state index in [2.05, 4.69) is 5.32 Å². The summed E-state index contributed by atoms with van der Waals surface area (Å²) in [5.74, 6) is -0.737. The molecule has 1 N–H and O–H groups in total. The number of amides is 1. The van der Waals surface area contributed by atoms with Gasteiger partial charge in [-0.2, -0.15) is 0 Å². The van der Waals surface area contributed by atoms with E-state index in [0.717, 1.165) is 11.1 Å². The lowest BCUT2D eigenvalue weighted by atomic mass is 10.0. The number of carbonyl (C=O) groups excluding carboxylic acids is 3. The molecule has 2 aromatic rings. The fraction of sp³-hybridized carbons (Fsp3) is 0.250. The van der Waals surface area contributed by atoms with E-state index in [1.54, 1.807) is 38.1 Å². The molecule has 0 bridgehead atoms. The SMILES string of the molecule is CC(C)OC(=O)CCNC(=O)c1ccc2c(c1)C(=O)c1ccccc1-2. The maximum absolute atomic E-state index is 12.5. The topological polar surface area (TPSA) is 72.5 Å². The number of carbonyl (C=O) groups is 3. The van der Waals surface area contributed by atoms with Gasteiger partial charge < -0.3 is 10.1 Å². The molecule has 0 fully saturated rings. The molecule has 5 nitrogen and oxygen atoms in total. The van der Waals surface area contributed by atoms with Gasteiger partial charge in [0.25, 0.3) is 5.91 Å². The zero-order valence-electron chi connectivity index (χ0n) is 14.2. The minimum absolute atomic E-state index is 0.0687. The van der Waals surface area contributed by atoms with Crippen LogP contribution in [0.3, 0.4) is 0 Å². The average Bonchev–Trinajstić information content (AvgIpc) is 2.87. The summed E-state index contributed by atoms with van der Waals surface area (Å²) in [5.41, 5.74) is 3.33. The van der Waals surface area contributed by atoms with E-state index in [4.69, 9.17) is 4.74 Å². The molecule has 2 aromatic carbocycles. The van der Waals surface area contributed by atoms with Crippen molar-refractivity contribution in [1.29, 1.82) is 0 Å². The fourth-order valence-electron chi connectivity index (χ4n) is 2.87. The van der Waals surface area contributed by atoms with Gasteiger partial charge >= 0.3 is 5.97 Å². The first-order chi connectivity index (χ1) is 12.0. The summed E-state index contributed by atoms with van der Waals surface area (Å²) in [5, 5.41) is 2.68. The maximum Gasteiger partial charge on any atom is 0.307 e. The van der Waals surface area contributed by atoms with Crippen LogP contribution in [0.1, 0.15) is 46.5 Å². The molecule has 25 heavy (non-hydrogen) atoms.